The third-order valence-electron chi connectivity index (χ3n) is 2.04. The molecule has 0 aliphatic heterocycles. The molecule has 0 fully saturated rings. The molecule has 0 N–H and O–H groups in total. The van der Waals surface area contributed by atoms with Gasteiger partial charge in [0, 0.05) is 24.0 Å². The summed E-state index contributed by atoms with van der Waals surface area (Å²) in [7, 11) is 0. The van der Waals surface area contributed by atoms with E-state index < -0.39 is 0 Å². The van der Waals surface area contributed by atoms with E-state index in [1.807, 2.05) is 42.2 Å². The Bertz CT molecular complexity index is 287. The van der Waals surface area contributed by atoms with Gasteiger partial charge in [0.05, 0.1) is 0 Å². The van der Waals surface area contributed by atoms with Crippen molar-refractivity contribution in [2.45, 2.75) is 6.92 Å². The molecule has 14 heavy (non-hydrogen) atoms. The predicted molar refractivity (Wildman–Crippen MR) is 61.8 cm³/mol. The highest BCUT2D eigenvalue weighted by Crippen LogP contribution is 2.04. The molecule has 0 aliphatic rings. The fourth-order valence-corrected chi connectivity index (χ4v) is 1.70. The Hall–Kier alpha value is -0.830. The Morgan fingerprint density at radius 3 is 2.50 bits per heavy atom. The Balaban J connectivity index is 2.73. The summed E-state index contributed by atoms with van der Waals surface area (Å²) in [5.41, 5.74) is 0.760. The van der Waals surface area contributed by atoms with Crippen molar-refractivity contribution in [1.82, 2.24) is 4.90 Å². The van der Waals surface area contributed by atoms with E-state index >= 15 is 0 Å². The lowest BCUT2D eigenvalue weighted by Gasteiger charge is -2.19. The van der Waals surface area contributed by atoms with Gasteiger partial charge >= 0.3 is 0 Å². The first-order valence-electron chi connectivity index (χ1n) is 4.70. The molecule has 0 saturated carbocycles. The monoisotopic (exact) mass is 255 g/mol. The van der Waals surface area contributed by atoms with Crippen molar-refractivity contribution in [3.63, 3.8) is 0 Å². The molecule has 76 valence electrons. The van der Waals surface area contributed by atoms with Gasteiger partial charge in [-0.25, -0.2) is 0 Å². The van der Waals surface area contributed by atoms with Crippen LogP contribution in [-0.2, 0) is 0 Å². The van der Waals surface area contributed by atoms with Crippen molar-refractivity contribution >= 4 is 21.8 Å². The van der Waals surface area contributed by atoms with Crippen molar-refractivity contribution < 1.29 is 4.79 Å². The maximum Gasteiger partial charge on any atom is 0.253 e. The number of alkyl halides is 1. The Morgan fingerprint density at radius 1 is 1.36 bits per heavy atom. The van der Waals surface area contributed by atoms with Crippen LogP contribution in [-0.4, -0.2) is 29.2 Å². The summed E-state index contributed by atoms with van der Waals surface area (Å²) in [5.74, 6) is 0.104. The quantitative estimate of drug-likeness (QED) is 0.758. The number of halogens is 1. The standard InChI is InChI=1S/C11H14BrNO/c1-2-13(9-8-12)11(14)10-6-4-3-5-7-10/h3-7H,2,8-9H2,1H3. The topological polar surface area (TPSA) is 20.3 Å². The Labute approximate surface area is 93.0 Å². The fraction of sp³-hybridized carbons (Fsp3) is 0.364. The minimum atomic E-state index is 0.104. The molecule has 0 atom stereocenters. The van der Waals surface area contributed by atoms with Gasteiger partial charge in [0.15, 0.2) is 0 Å². The first-order chi connectivity index (χ1) is 6.79. The summed E-state index contributed by atoms with van der Waals surface area (Å²) in [6.45, 7) is 3.49. The molecule has 0 unspecified atom stereocenters. The summed E-state index contributed by atoms with van der Waals surface area (Å²) >= 11 is 3.34. The summed E-state index contributed by atoms with van der Waals surface area (Å²) < 4.78 is 0. The zero-order valence-electron chi connectivity index (χ0n) is 8.24. The minimum absolute atomic E-state index is 0.104. The number of rotatable bonds is 4. The van der Waals surface area contributed by atoms with E-state index in [1.54, 1.807) is 0 Å². The van der Waals surface area contributed by atoms with Crippen LogP contribution in [0, 0.1) is 0 Å². The first-order valence-corrected chi connectivity index (χ1v) is 5.82. The van der Waals surface area contributed by atoms with E-state index in [9.17, 15) is 4.79 Å². The molecule has 0 radical (unpaired) electrons. The van der Waals surface area contributed by atoms with Crippen LogP contribution < -0.4 is 0 Å². The van der Waals surface area contributed by atoms with Crippen LogP contribution in [0.1, 0.15) is 17.3 Å². The Kier molecular flexibility index (Phi) is 4.66. The summed E-state index contributed by atoms with van der Waals surface area (Å²) in [4.78, 5) is 13.7. The van der Waals surface area contributed by atoms with Gasteiger partial charge in [-0.15, -0.1) is 0 Å². The van der Waals surface area contributed by atoms with Crippen LogP contribution in [0.25, 0.3) is 0 Å². The van der Waals surface area contributed by atoms with Crippen LogP contribution in [0.4, 0.5) is 0 Å². The van der Waals surface area contributed by atoms with Gasteiger partial charge in [0.25, 0.3) is 5.91 Å². The number of carbonyl (C=O) groups is 1. The van der Waals surface area contributed by atoms with E-state index in [2.05, 4.69) is 15.9 Å². The maximum atomic E-state index is 11.9. The first kappa shape index (κ1) is 11.2. The molecule has 0 bridgehead atoms. The zero-order valence-corrected chi connectivity index (χ0v) is 9.83. The van der Waals surface area contributed by atoms with Crippen LogP contribution in [0.3, 0.4) is 0 Å². The smallest absolute Gasteiger partial charge is 0.253 e. The van der Waals surface area contributed by atoms with E-state index in [0.717, 1.165) is 24.0 Å². The number of carbonyl (C=O) groups excluding carboxylic acids is 1. The summed E-state index contributed by atoms with van der Waals surface area (Å²) in [5, 5.41) is 0.819. The van der Waals surface area contributed by atoms with Gasteiger partial charge in [0.2, 0.25) is 0 Å². The molecule has 0 heterocycles. The van der Waals surface area contributed by atoms with Crippen molar-refractivity contribution in [3.8, 4) is 0 Å². The second kappa shape index (κ2) is 5.81. The van der Waals surface area contributed by atoms with Gasteiger partial charge in [-0.2, -0.15) is 0 Å². The third kappa shape index (κ3) is 2.84. The summed E-state index contributed by atoms with van der Waals surface area (Å²) in [6.07, 6.45) is 0. The second-order valence-corrected chi connectivity index (χ2v) is 3.73. The molecule has 0 saturated heterocycles. The van der Waals surface area contributed by atoms with Gasteiger partial charge in [-0.1, -0.05) is 34.1 Å². The molecule has 2 nitrogen and oxygen atoms in total. The Morgan fingerprint density at radius 2 is 2.00 bits per heavy atom. The van der Waals surface area contributed by atoms with E-state index in [4.69, 9.17) is 0 Å². The van der Waals surface area contributed by atoms with Crippen LogP contribution in [0.2, 0.25) is 0 Å². The zero-order chi connectivity index (χ0) is 10.4. The van der Waals surface area contributed by atoms with E-state index in [0.29, 0.717) is 0 Å². The van der Waals surface area contributed by atoms with Gasteiger partial charge < -0.3 is 4.90 Å². The second-order valence-electron chi connectivity index (χ2n) is 2.94. The molecule has 1 amide bonds. The van der Waals surface area contributed by atoms with E-state index in [-0.39, 0.29) is 5.91 Å². The van der Waals surface area contributed by atoms with Gasteiger partial charge in [-0.3, -0.25) is 4.79 Å². The molecule has 0 spiro atoms. The molecule has 3 heteroatoms. The lowest BCUT2D eigenvalue weighted by atomic mass is 10.2. The lowest BCUT2D eigenvalue weighted by molar-refractivity contribution is 0.0775. The average Bonchev–Trinajstić information content (AvgIpc) is 2.26. The minimum Gasteiger partial charge on any atom is -0.338 e. The lowest BCUT2D eigenvalue weighted by Crippen LogP contribution is -2.32. The van der Waals surface area contributed by atoms with Crippen LogP contribution in [0.5, 0.6) is 0 Å². The molecule has 0 aliphatic carbocycles. The van der Waals surface area contributed by atoms with Crippen LogP contribution in [0.15, 0.2) is 30.3 Å². The van der Waals surface area contributed by atoms with Crippen molar-refractivity contribution in [1.29, 1.82) is 0 Å². The molecule has 1 rings (SSSR count). The molecule has 1 aromatic rings. The average molecular weight is 256 g/mol. The van der Waals surface area contributed by atoms with Crippen molar-refractivity contribution in [2.75, 3.05) is 18.4 Å². The number of nitrogens with zero attached hydrogens (tertiary/aromatic N) is 1. The van der Waals surface area contributed by atoms with Crippen molar-refractivity contribution in [3.05, 3.63) is 35.9 Å². The predicted octanol–water partition coefficient (Wildman–Crippen LogP) is 2.54. The largest absolute Gasteiger partial charge is 0.338 e. The molecular weight excluding hydrogens is 242 g/mol. The number of amides is 1. The fourth-order valence-electron chi connectivity index (χ4n) is 1.27. The highest BCUT2D eigenvalue weighted by molar-refractivity contribution is 9.09. The normalized spacial score (nSPS) is 9.86. The number of hydrogen-bond donors (Lipinski definition) is 0. The molecule has 0 aromatic heterocycles. The number of hydrogen-bond acceptors (Lipinski definition) is 1. The van der Waals surface area contributed by atoms with Gasteiger partial charge in [-0.05, 0) is 19.1 Å². The SMILES string of the molecule is CCN(CCBr)C(=O)c1ccccc1. The highest BCUT2D eigenvalue weighted by Gasteiger charge is 2.11. The van der Waals surface area contributed by atoms with Gasteiger partial charge in [0.1, 0.15) is 0 Å². The highest BCUT2D eigenvalue weighted by atomic mass is 79.9. The van der Waals surface area contributed by atoms with Crippen molar-refractivity contribution in [2.24, 2.45) is 0 Å². The molecular formula is C11H14BrNO. The van der Waals surface area contributed by atoms with E-state index in [1.165, 1.54) is 0 Å². The summed E-state index contributed by atoms with van der Waals surface area (Å²) in [6, 6.07) is 9.38. The van der Waals surface area contributed by atoms with Crippen LogP contribution >= 0.6 is 15.9 Å². The third-order valence-corrected chi connectivity index (χ3v) is 2.40. The number of benzene rings is 1. The maximum absolute atomic E-state index is 11.9. The molecule has 1 aromatic carbocycles.